The third-order valence-corrected chi connectivity index (χ3v) is 2.90. The molecular weight excluding hydrogens is 236 g/mol. The predicted octanol–water partition coefficient (Wildman–Crippen LogP) is 2.01. The van der Waals surface area contributed by atoms with Crippen molar-refractivity contribution in [2.24, 2.45) is 22.8 Å². The summed E-state index contributed by atoms with van der Waals surface area (Å²) in [5.74, 6) is 0.0607. The van der Waals surface area contributed by atoms with E-state index >= 15 is 0 Å². The SMILES string of the molecule is CCCC(C)(COC(N)=O)C(OC(N)=O)C(C)C. The molecular formula is C12H24N2O4. The first-order chi connectivity index (χ1) is 8.23. The molecule has 0 saturated carbocycles. The van der Waals surface area contributed by atoms with Gasteiger partial charge in [-0.05, 0) is 12.3 Å². The Hall–Kier alpha value is -1.46. The van der Waals surface area contributed by atoms with E-state index in [2.05, 4.69) is 0 Å². The van der Waals surface area contributed by atoms with Crippen molar-refractivity contribution in [1.29, 1.82) is 0 Å². The maximum absolute atomic E-state index is 11.0. The minimum Gasteiger partial charge on any atom is -0.449 e. The standard InChI is InChI=1S/C12H24N2O4/c1-5-6-12(4,7-17-10(13)15)9(8(2)3)18-11(14)16/h8-9H,5-7H2,1-4H3,(H2,13,15)(H2,14,16). The first-order valence-electron chi connectivity index (χ1n) is 6.11. The van der Waals surface area contributed by atoms with Crippen molar-refractivity contribution in [3.05, 3.63) is 0 Å². The third-order valence-electron chi connectivity index (χ3n) is 2.90. The minimum atomic E-state index is -0.834. The smallest absolute Gasteiger partial charge is 0.404 e. The second kappa shape index (κ2) is 7.08. The molecule has 2 atom stereocenters. The van der Waals surface area contributed by atoms with Crippen LogP contribution in [-0.2, 0) is 9.47 Å². The van der Waals surface area contributed by atoms with Gasteiger partial charge in [0.25, 0.3) is 0 Å². The lowest BCUT2D eigenvalue weighted by Crippen LogP contribution is -2.45. The Labute approximate surface area is 108 Å². The Morgan fingerprint density at radius 3 is 2.11 bits per heavy atom. The highest BCUT2D eigenvalue weighted by molar-refractivity contribution is 5.65. The fourth-order valence-corrected chi connectivity index (χ4v) is 2.31. The number of primary amides is 2. The summed E-state index contributed by atoms with van der Waals surface area (Å²) in [4.78, 5) is 21.7. The van der Waals surface area contributed by atoms with E-state index in [4.69, 9.17) is 20.9 Å². The monoisotopic (exact) mass is 260 g/mol. The first kappa shape index (κ1) is 16.5. The number of ether oxygens (including phenoxy) is 2. The van der Waals surface area contributed by atoms with E-state index in [1.54, 1.807) is 0 Å². The van der Waals surface area contributed by atoms with Gasteiger partial charge in [-0.2, -0.15) is 0 Å². The topological polar surface area (TPSA) is 105 Å². The summed E-state index contributed by atoms with van der Waals surface area (Å²) in [6, 6.07) is 0. The number of carbonyl (C=O) groups excluding carboxylic acids is 2. The van der Waals surface area contributed by atoms with Gasteiger partial charge in [-0.15, -0.1) is 0 Å². The molecule has 0 aliphatic carbocycles. The van der Waals surface area contributed by atoms with Gasteiger partial charge in [-0.3, -0.25) is 0 Å². The van der Waals surface area contributed by atoms with Crippen LogP contribution in [0.4, 0.5) is 9.59 Å². The Bertz CT molecular complexity index is 294. The third kappa shape index (κ3) is 5.25. The van der Waals surface area contributed by atoms with Crippen LogP contribution in [0.3, 0.4) is 0 Å². The van der Waals surface area contributed by atoms with Crippen molar-refractivity contribution in [3.63, 3.8) is 0 Å². The van der Waals surface area contributed by atoms with Gasteiger partial charge in [-0.1, -0.05) is 34.1 Å². The van der Waals surface area contributed by atoms with E-state index in [0.717, 1.165) is 12.8 Å². The fraction of sp³-hybridized carbons (Fsp3) is 0.833. The Balaban J connectivity index is 4.97. The number of carbonyl (C=O) groups is 2. The average Bonchev–Trinajstić information content (AvgIpc) is 2.23. The molecule has 2 unspecified atom stereocenters. The maximum atomic E-state index is 11.0. The van der Waals surface area contributed by atoms with E-state index in [1.807, 2.05) is 27.7 Å². The van der Waals surface area contributed by atoms with Gasteiger partial charge >= 0.3 is 12.2 Å². The zero-order chi connectivity index (χ0) is 14.3. The molecule has 0 aromatic heterocycles. The lowest BCUT2D eigenvalue weighted by molar-refractivity contribution is -0.0468. The summed E-state index contributed by atoms with van der Waals surface area (Å²) in [6.07, 6.45) is -0.483. The molecule has 0 rings (SSSR count). The van der Waals surface area contributed by atoms with Crippen LogP contribution in [0.25, 0.3) is 0 Å². The molecule has 0 radical (unpaired) electrons. The fourth-order valence-electron chi connectivity index (χ4n) is 2.31. The molecule has 0 heterocycles. The lowest BCUT2D eigenvalue weighted by atomic mass is 9.76. The number of amides is 2. The van der Waals surface area contributed by atoms with Crippen LogP contribution >= 0.6 is 0 Å². The van der Waals surface area contributed by atoms with Gasteiger partial charge in [0.15, 0.2) is 0 Å². The minimum absolute atomic E-state index is 0.0607. The van der Waals surface area contributed by atoms with E-state index < -0.39 is 23.7 Å². The molecule has 0 aromatic carbocycles. The molecule has 0 aliphatic heterocycles. The highest BCUT2D eigenvalue weighted by atomic mass is 16.6. The first-order valence-corrected chi connectivity index (χ1v) is 6.11. The van der Waals surface area contributed by atoms with Crippen LogP contribution in [0.15, 0.2) is 0 Å². The van der Waals surface area contributed by atoms with Crippen molar-refractivity contribution in [2.75, 3.05) is 6.61 Å². The van der Waals surface area contributed by atoms with Crippen molar-refractivity contribution < 1.29 is 19.1 Å². The second-order valence-corrected chi connectivity index (χ2v) is 5.11. The molecule has 18 heavy (non-hydrogen) atoms. The Kier molecular flexibility index (Phi) is 6.51. The molecule has 6 nitrogen and oxygen atoms in total. The number of rotatable bonds is 7. The van der Waals surface area contributed by atoms with Crippen molar-refractivity contribution >= 4 is 12.2 Å². The van der Waals surface area contributed by atoms with Gasteiger partial charge in [0, 0.05) is 5.41 Å². The zero-order valence-corrected chi connectivity index (χ0v) is 11.6. The van der Waals surface area contributed by atoms with Crippen molar-refractivity contribution in [1.82, 2.24) is 0 Å². The van der Waals surface area contributed by atoms with Gasteiger partial charge in [0.2, 0.25) is 0 Å². The van der Waals surface area contributed by atoms with Gasteiger partial charge in [-0.25, -0.2) is 9.59 Å². The van der Waals surface area contributed by atoms with Crippen molar-refractivity contribution in [3.8, 4) is 0 Å². The molecule has 0 bridgehead atoms. The molecule has 2 amide bonds. The van der Waals surface area contributed by atoms with E-state index in [9.17, 15) is 9.59 Å². The maximum Gasteiger partial charge on any atom is 0.404 e. The molecule has 0 fully saturated rings. The highest BCUT2D eigenvalue weighted by Crippen LogP contribution is 2.34. The average molecular weight is 260 g/mol. The van der Waals surface area contributed by atoms with Gasteiger partial charge in [0.05, 0.1) is 0 Å². The summed E-state index contributed by atoms with van der Waals surface area (Å²) in [6.45, 7) is 7.85. The van der Waals surface area contributed by atoms with Crippen molar-refractivity contribution in [2.45, 2.75) is 46.6 Å². The molecule has 0 aromatic rings. The lowest BCUT2D eigenvalue weighted by Gasteiger charge is -2.38. The summed E-state index contributed by atoms with van der Waals surface area (Å²) in [5, 5.41) is 0. The summed E-state index contributed by atoms with van der Waals surface area (Å²) < 4.78 is 10.0. The quantitative estimate of drug-likeness (QED) is 0.730. The van der Waals surface area contributed by atoms with E-state index in [0.29, 0.717) is 0 Å². The zero-order valence-electron chi connectivity index (χ0n) is 11.6. The summed E-state index contributed by atoms with van der Waals surface area (Å²) in [7, 11) is 0. The van der Waals surface area contributed by atoms with E-state index in [1.165, 1.54) is 0 Å². The number of hydrogen-bond acceptors (Lipinski definition) is 4. The van der Waals surface area contributed by atoms with Crippen LogP contribution in [0.5, 0.6) is 0 Å². The van der Waals surface area contributed by atoms with Gasteiger partial charge in [0.1, 0.15) is 12.7 Å². The van der Waals surface area contributed by atoms with Gasteiger partial charge < -0.3 is 20.9 Å². The van der Waals surface area contributed by atoms with Crippen LogP contribution in [0.1, 0.15) is 40.5 Å². The highest BCUT2D eigenvalue weighted by Gasteiger charge is 2.39. The Morgan fingerprint density at radius 1 is 1.22 bits per heavy atom. The second-order valence-electron chi connectivity index (χ2n) is 5.11. The van der Waals surface area contributed by atoms with Crippen LogP contribution < -0.4 is 11.5 Å². The summed E-state index contributed by atoms with van der Waals surface area (Å²) in [5.41, 5.74) is 9.57. The summed E-state index contributed by atoms with van der Waals surface area (Å²) >= 11 is 0. The van der Waals surface area contributed by atoms with E-state index in [-0.39, 0.29) is 12.5 Å². The normalized spacial score (nSPS) is 15.8. The van der Waals surface area contributed by atoms with Crippen LogP contribution in [-0.4, -0.2) is 24.9 Å². The Morgan fingerprint density at radius 2 is 1.78 bits per heavy atom. The number of hydrogen-bond donors (Lipinski definition) is 2. The predicted molar refractivity (Wildman–Crippen MR) is 67.8 cm³/mol. The van der Waals surface area contributed by atoms with Crippen LogP contribution in [0, 0.1) is 11.3 Å². The largest absolute Gasteiger partial charge is 0.449 e. The molecule has 4 N–H and O–H groups in total. The molecule has 0 aliphatic rings. The molecule has 6 heteroatoms. The van der Waals surface area contributed by atoms with Crippen LogP contribution in [0.2, 0.25) is 0 Å². The molecule has 0 saturated heterocycles. The number of nitrogens with two attached hydrogens (primary N) is 2. The molecule has 106 valence electrons. The molecule has 0 spiro atoms.